The Hall–Kier alpha value is -1.43. The third kappa shape index (κ3) is 1.59. The van der Waals surface area contributed by atoms with Gasteiger partial charge in [0.05, 0.1) is 18.4 Å². The molecule has 0 aromatic carbocycles. The van der Waals surface area contributed by atoms with Crippen LogP contribution in [0.5, 0.6) is 0 Å². The van der Waals surface area contributed by atoms with E-state index in [1.54, 1.807) is 0 Å². The first-order valence-electron chi connectivity index (χ1n) is 5.39. The Labute approximate surface area is 91.6 Å². The molecule has 1 aliphatic heterocycles. The maximum absolute atomic E-state index is 10.7. The summed E-state index contributed by atoms with van der Waals surface area (Å²) in [6.07, 6.45) is 1.52. The standard InChI is InChI=1S/C10H12N2O4/c13-10(14)7-3-6(7)9-11-8(12-16-9)5-1-2-15-4-5/h5-7H,1-4H2,(H,13,14). The molecular weight excluding hydrogens is 212 g/mol. The Kier molecular flexibility index (Phi) is 2.17. The van der Waals surface area contributed by atoms with E-state index in [-0.39, 0.29) is 17.8 Å². The van der Waals surface area contributed by atoms with Gasteiger partial charge in [0.2, 0.25) is 5.89 Å². The van der Waals surface area contributed by atoms with E-state index in [9.17, 15) is 4.79 Å². The fourth-order valence-electron chi connectivity index (χ4n) is 2.04. The number of nitrogens with zero attached hydrogens (tertiary/aromatic N) is 2. The normalized spacial score (nSPS) is 32.9. The molecule has 1 aliphatic carbocycles. The number of rotatable bonds is 3. The van der Waals surface area contributed by atoms with Crippen LogP contribution in [0.25, 0.3) is 0 Å². The van der Waals surface area contributed by atoms with Gasteiger partial charge in [-0.25, -0.2) is 0 Å². The van der Waals surface area contributed by atoms with E-state index in [0.717, 1.165) is 13.0 Å². The van der Waals surface area contributed by atoms with E-state index in [0.29, 0.717) is 24.7 Å². The van der Waals surface area contributed by atoms with E-state index < -0.39 is 5.97 Å². The summed E-state index contributed by atoms with van der Waals surface area (Å²) in [5.74, 6) is 0.125. The lowest BCUT2D eigenvalue weighted by Crippen LogP contribution is -2.01. The van der Waals surface area contributed by atoms with Crippen LogP contribution in [0.3, 0.4) is 0 Å². The van der Waals surface area contributed by atoms with Crippen LogP contribution in [0.15, 0.2) is 4.52 Å². The monoisotopic (exact) mass is 224 g/mol. The zero-order valence-corrected chi connectivity index (χ0v) is 8.63. The highest BCUT2D eigenvalue weighted by Gasteiger charge is 2.48. The van der Waals surface area contributed by atoms with Gasteiger partial charge in [0.1, 0.15) is 0 Å². The molecule has 6 nitrogen and oxygen atoms in total. The fraction of sp³-hybridized carbons (Fsp3) is 0.700. The highest BCUT2D eigenvalue weighted by molar-refractivity contribution is 5.74. The SMILES string of the molecule is O=C(O)C1CC1c1nc(C2CCOC2)no1. The lowest BCUT2D eigenvalue weighted by Gasteiger charge is -1.97. The van der Waals surface area contributed by atoms with Gasteiger partial charge in [0.15, 0.2) is 5.82 Å². The van der Waals surface area contributed by atoms with Crippen molar-refractivity contribution in [1.82, 2.24) is 10.1 Å². The molecule has 2 heterocycles. The minimum Gasteiger partial charge on any atom is -0.481 e. The zero-order valence-electron chi connectivity index (χ0n) is 8.63. The second-order valence-corrected chi connectivity index (χ2v) is 4.34. The van der Waals surface area contributed by atoms with Crippen molar-refractivity contribution in [3.05, 3.63) is 11.7 Å². The number of ether oxygens (including phenoxy) is 1. The molecule has 3 unspecified atom stereocenters. The van der Waals surface area contributed by atoms with Gasteiger partial charge < -0.3 is 14.4 Å². The van der Waals surface area contributed by atoms with Crippen molar-refractivity contribution < 1.29 is 19.2 Å². The third-order valence-electron chi connectivity index (χ3n) is 3.18. The number of hydrogen-bond acceptors (Lipinski definition) is 5. The molecule has 3 atom stereocenters. The molecule has 0 spiro atoms. The van der Waals surface area contributed by atoms with Crippen LogP contribution in [0.4, 0.5) is 0 Å². The van der Waals surface area contributed by atoms with Crippen LogP contribution >= 0.6 is 0 Å². The molecule has 3 rings (SSSR count). The molecule has 16 heavy (non-hydrogen) atoms. The van der Waals surface area contributed by atoms with Crippen molar-refractivity contribution in [2.45, 2.75) is 24.7 Å². The summed E-state index contributed by atoms with van der Waals surface area (Å²) < 4.78 is 10.3. The highest BCUT2D eigenvalue weighted by Crippen LogP contribution is 2.47. The Morgan fingerprint density at radius 2 is 2.38 bits per heavy atom. The van der Waals surface area contributed by atoms with Crippen molar-refractivity contribution in [1.29, 1.82) is 0 Å². The molecule has 1 saturated heterocycles. The lowest BCUT2D eigenvalue weighted by molar-refractivity contribution is -0.138. The van der Waals surface area contributed by atoms with Crippen molar-refractivity contribution in [3.63, 3.8) is 0 Å². The summed E-state index contributed by atoms with van der Waals surface area (Å²) in [7, 11) is 0. The number of carbonyl (C=O) groups is 1. The topological polar surface area (TPSA) is 85.5 Å². The molecule has 2 aliphatic rings. The van der Waals surface area contributed by atoms with Crippen LogP contribution in [-0.2, 0) is 9.53 Å². The number of carboxylic acid groups (broad SMARTS) is 1. The number of carboxylic acids is 1. The number of aromatic nitrogens is 2. The Morgan fingerprint density at radius 1 is 1.50 bits per heavy atom. The molecule has 0 bridgehead atoms. The first-order valence-corrected chi connectivity index (χ1v) is 5.39. The van der Waals surface area contributed by atoms with Crippen molar-refractivity contribution in [2.24, 2.45) is 5.92 Å². The molecule has 1 aromatic rings. The molecule has 1 N–H and O–H groups in total. The summed E-state index contributed by atoms with van der Waals surface area (Å²) in [5, 5.41) is 12.7. The van der Waals surface area contributed by atoms with E-state index in [4.69, 9.17) is 14.4 Å². The summed E-state index contributed by atoms with van der Waals surface area (Å²) in [6, 6.07) is 0. The summed E-state index contributed by atoms with van der Waals surface area (Å²) in [6.45, 7) is 1.36. The zero-order chi connectivity index (χ0) is 11.1. The maximum atomic E-state index is 10.7. The van der Waals surface area contributed by atoms with Gasteiger partial charge in [-0.15, -0.1) is 0 Å². The smallest absolute Gasteiger partial charge is 0.307 e. The van der Waals surface area contributed by atoms with Crippen LogP contribution in [0.1, 0.15) is 36.4 Å². The van der Waals surface area contributed by atoms with E-state index in [2.05, 4.69) is 10.1 Å². The van der Waals surface area contributed by atoms with Gasteiger partial charge >= 0.3 is 5.97 Å². The van der Waals surface area contributed by atoms with Gasteiger partial charge in [-0.3, -0.25) is 4.79 Å². The molecule has 2 fully saturated rings. The largest absolute Gasteiger partial charge is 0.481 e. The quantitative estimate of drug-likeness (QED) is 0.815. The second kappa shape index (κ2) is 3.55. The van der Waals surface area contributed by atoms with Gasteiger partial charge in [-0.05, 0) is 12.8 Å². The molecular formula is C10H12N2O4. The van der Waals surface area contributed by atoms with Crippen LogP contribution < -0.4 is 0 Å². The van der Waals surface area contributed by atoms with Crippen LogP contribution in [0.2, 0.25) is 0 Å². The van der Waals surface area contributed by atoms with E-state index in [1.165, 1.54) is 0 Å². The predicted molar refractivity (Wildman–Crippen MR) is 51.0 cm³/mol. The second-order valence-electron chi connectivity index (χ2n) is 4.34. The molecule has 1 saturated carbocycles. The Balaban J connectivity index is 1.71. The lowest BCUT2D eigenvalue weighted by atomic mass is 10.1. The predicted octanol–water partition coefficient (Wildman–Crippen LogP) is 0.762. The third-order valence-corrected chi connectivity index (χ3v) is 3.18. The molecule has 6 heteroatoms. The van der Waals surface area contributed by atoms with Crippen LogP contribution in [-0.4, -0.2) is 34.4 Å². The number of aliphatic carboxylic acids is 1. The molecule has 86 valence electrons. The highest BCUT2D eigenvalue weighted by atomic mass is 16.5. The summed E-state index contributed by atoms with van der Waals surface area (Å²) >= 11 is 0. The minimum absolute atomic E-state index is 0.0823. The summed E-state index contributed by atoms with van der Waals surface area (Å²) in [4.78, 5) is 15.0. The number of hydrogen-bond donors (Lipinski definition) is 1. The van der Waals surface area contributed by atoms with Gasteiger partial charge in [-0.2, -0.15) is 4.98 Å². The summed E-state index contributed by atoms with van der Waals surface area (Å²) in [5.41, 5.74) is 0. The average Bonchev–Trinajstić information content (AvgIpc) is 2.72. The van der Waals surface area contributed by atoms with Crippen molar-refractivity contribution in [3.8, 4) is 0 Å². The van der Waals surface area contributed by atoms with Crippen LogP contribution in [0, 0.1) is 5.92 Å². The van der Waals surface area contributed by atoms with E-state index in [1.807, 2.05) is 0 Å². The van der Waals surface area contributed by atoms with Gasteiger partial charge in [0, 0.05) is 12.5 Å². The first-order chi connectivity index (χ1) is 7.75. The minimum atomic E-state index is -0.783. The molecule has 0 radical (unpaired) electrons. The molecule has 0 amide bonds. The maximum Gasteiger partial charge on any atom is 0.307 e. The fourth-order valence-corrected chi connectivity index (χ4v) is 2.04. The Morgan fingerprint density at radius 3 is 3.00 bits per heavy atom. The van der Waals surface area contributed by atoms with Crippen molar-refractivity contribution >= 4 is 5.97 Å². The van der Waals surface area contributed by atoms with Gasteiger partial charge in [-0.1, -0.05) is 5.16 Å². The van der Waals surface area contributed by atoms with Crippen molar-refractivity contribution in [2.75, 3.05) is 13.2 Å². The first kappa shape index (κ1) is 9.77. The molecule has 1 aromatic heterocycles. The van der Waals surface area contributed by atoms with Gasteiger partial charge in [0.25, 0.3) is 0 Å². The Bertz CT molecular complexity index is 411. The average molecular weight is 224 g/mol. The van der Waals surface area contributed by atoms with E-state index >= 15 is 0 Å².